The average molecular weight is 227 g/mol. The van der Waals surface area contributed by atoms with Gasteiger partial charge >= 0.3 is 0 Å². The molecule has 2 heteroatoms. The molecule has 0 atom stereocenters. The van der Waals surface area contributed by atoms with Crippen molar-refractivity contribution in [2.24, 2.45) is 5.92 Å². The molecule has 1 aromatic rings. The third-order valence-electron chi connectivity index (χ3n) is 2.89. The molecule has 0 spiro atoms. The summed E-state index contributed by atoms with van der Waals surface area (Å²) in [7, 11) is 0. The number of hydrogen-bond acceptors (Lipinski definition) is 1. The molecule has 0 aliphatic heterocycles. The van der Waals surface area contributed by atoms with E-state index in [0.29, 0.717) is 5.92 Å². The quantitative estimate of drug-likeness (QED) is 0.840. The van der Waals surface area contributed by atoms with E-state index in [2.05, 4.69) is 25.2 Å². The van der Waals surface area contributed by atoms with Crippen LogP contribution in [-0.2, 0) is 4.79 Å². The van der Waals surface area contributed by atoms with Crippen LogP contribution >= 0.6 is 0 Å². The minimum atomic E-state index is 0.00287. The van der Waals surface area contributed by atoms with Gasteiger partial charge in [0.2, 0.25) is 0 Å². The first-order valence-corrected chi connectivity index (χ1v) is 5.94. The third-order valence-corrected chi connectivity index (χ3v) is 2.89. The monoisotopic (exact) mass is 227 g/mol. The fourth-order valence-electron chi connectivity index (χ4n) is 1.84. The van der Waals surface area contributed by atoms with Crippen molar-refractivity contribution in [1.82, 2.24) is 0 Å². The second kappa shape index (κ2) is 5.00. The number of allylic oxidation sites excluding steroid dienone is 3. The number of nitrogens with one attached hydrogen (secondary N) is 1. The summed E-state index contributed by atoms with van der Waals surface area (Å²) in [6, 6.07) is 9.55. The molecule has 1 aromatic carbocycles. The van der Waals surface area contributed by atoms with Gasteiger partial charge in [0.05, 0.1) is 0 Å². The minimum absolute atomic E-state index is 0.00287. The highest BCUT2D eigenvalue weighted by Crippen LogP contribution is 2.24. The first-order chi connectivity index (χ1) is 8.16. The van der Waals surface area contributed by atoms with Crippen molar-refractivity contribution in [3.05, 3.63) is 53.6 Å². The maximum absolute atomic E-state index is 12.0. The number of amides is 1. The zero-order valence-corrected chi connectivity index (χ0v) is 10.2. The molecule has 1 amide bonds. The summed E-state index contributed by atoms with van der Waals surface area (Å²) >= 11 is 0. The van der Waals surface area contributed by atoms with Crippen molar-refractivity contribution in [2.75, 3.05) is 5.32 Å². The van der Waals surface area contributed by atoms with E-state index in [4.69, 9.17) is 0 Å². The molecule has 0 saturated heterocycles. The molecule has 0 fully saturated rings. The fraction of sp³-hybridized carbons (Fsp3) is 0.267. The van der Waals surface area contributed by atoms with E-state index >= 15 is 0 Å². The minimum Gasteiger partial charge on any atom is -0.322 e. The molecule has 88 valence electrons. The molecule has 0 saturated carbocycles. The predicted octanol–water partition coefficient (Wildman–Crippen LogP) is 3.54. The van der Waals surface area contributed by atoms with Crippen LogP contribution < -0.4 is 5.32 Å². The van der Waals surface area contributed by atoms with Gasteiger partial charge in [-0.05, 0) is 30.0 Å². The lowest BCUT2D eigenvalue weighted by Gasteiger charge is -2.05. The second-order valence-electron chi connectivity index (χ2n) is 4.55. The summed E-state index contributed by atoms with van der Waals surface area (Å²) in [6.45, 7) is 4.28. The van der Waals surface area contributed by atoms with E-state index in [0.717, 1.165) is 17.7 Å². The Kier molecular flexibility index (Phi) is 3.43. The molecule has 2 nitrogen and oxygen atoms in total. The van der Waals surface area contributed by atoms with Gasteiger partial charge in [0, 0.05) is 11.3 Å². The topological polar surface area (TPSA) is 29.1 Å². The van der Waals surface area contributed by atoms with Crippen molar-refractivity contribution in [2.45, 2.75) is 20.3 Å². The number of carbonyl (C=O) groups is 1. The second-order valence-corrected chi connectivity index (χ2v) is 4.55. The van der Waals surface area contributed by atoms with Gasteiger partial charge in [-0.2, -0.15) is 0 Å². The van der Waals surface area contributed by atoms with Crippen molar-refractivity contribution in [3.8, 4) is 0 Å². The Morgan fingerprint density at radius 1 is 1.24 bits per heavy atom. The summed E-state index contributed by atoms with van der Waals surface area (Å²) in [4.78, 5) is 12.0. The van der Waals surface area contributed by atoms with Gasteiger partial charge in [-0.1, -0.05) is 44.2 Å². The molecule has 1 N–H and O–H groups in total. The van der Waals surface area contributed by atoms with Gasteiger partial charge in [-0.25, -0.2) is 0 Å². The van der Waals surface area contributed by atoms with E-state index in [1.165, 1.54) is 5.57 Å². The molecular weight excluding hydrogens is 210 g/mol. The molecule has 0 unspecified atom stereocenters. The highest BCUT2D eigenvalue weighted by atomic mass is 16.1. The fourth-order valence-corrected chi connectivity index (χ4v) is 1.84. The van der Waals surface area contributed by atoms with Crippen molar-refractivity contribution < 1.29 is 4.79 Å². The largest absolute Gasteiger partial charge is 0.322 e. The van der Waals surface area contributed by atoms with Crippen molar-refractivity contribution >= 4 is 11.6 Å². The van der Waals surface area contributed by atoms with Crippen LogP contribution in [0.25, 0.3) is 0 Å². The SMILES string of the molecule is CC(C)C1=CCC(C(=O)Nc2ccccc2)=C1. The molecular formula is C15H17NO. The van der Waals surface area contributed by atoms with Crippen LogP contribution in [0.3, 0.4) is 0 Å². The molecule has 0 radical (unpaired) electrons. The van der Waals surface area contributed by atoms with Gasteiger partial charge in [0.15, 0.2) is 0 Å². The molecule has 2 rings (SSSR count). The first-order valence-electron chi connectivity index (χ1n) is 5.94. The van der Waals surface area contributed by atoms with Crippen molar-refractivity contribution in [1.29, 1.82) is 0 Å². The molecule has 0 aromatic heterocycles. The molecule has 0 bridgehead atoms. The Hall–Kier alpha value is -1.83. The Morgan fingerprint density at radius 3 is 2.53 bits per heavy atom. The van der Waals surface area contributed by atoms with Crippen LogP contribution in [0.4, 0.5) is 5.69 Å². The van der Waals surface area contributed by atoms with E-state index in [-0.39, 0.29) is 5.91 Å². The molecule has 17 heavy (non-hydrogen) atoms. The van der Waals surface area contributed by atoms with Crippen LogP contribution in [0.2, 0.25) is 0 Å². The number of benzene rings is 1. The van der Waals surface area contributed by atoms with Crippen LogP contribution in [0, 0.1) is 5.92 Å². The highest BCUT2D eigenvalue weighted by molar-refractivity contribution is 6.04. The lowest BCUT2D eigenvalue weighted by Crippen LogP contribution is -2.13. The third kappa shape index (κ3) is 2.84. The van der Waals surface area contributed by atoms with Gasteiger partial charge in [0.1, 0.15) is 0 Å². The smallest absolute Gasteiger partial charge is 0.251 e. The Labute approximate surface area is 102 Å². The molecule has 1 aliphatic carbocycles. The standard InChI is InChI=1S/C15H17NO/c1-11(2)12-8-9-13(10-12)15(17)16-14-6-4-3-5-7-14/h3-8,10-11H,9H2,1-2H3,(H,16,17). The number of carbonyl (C=O) groups excluding carboxylic acids is 1. The normalized spacial score (nSPS) is 14.5. The average Bonchev–Trinajstić information content (AvgIpc) is 2.79. The molecule has 0 heterocycles. The van der Waals surface area contributed by atoms with Gasteiger partial charge < -0.3 is 5.32 Å². The Balaban J connectivity index is 2.02. The van der Waals surface area contributed by atoms with Gasteiger partial charge in [0.25, 0.3) is 5.91 Å². The summed E-state index contributed by atoms with van der Waals surface area (Å²) in [6.07, 6.45) is 4.87. The number of para-hydroxylation sites is 1. The van der Waals surface area contributed by atoms with Crippen LogP contribution in [0.1, 0.15) is 20.3 Å². The molecule has 1 aliphatic rings. The number of hydrogen-bond donors (Lipinski definition) is 1. The van der Waals surface area contributed by atoms with Crippen LogP contribution in [0.5, 0.6) is 0 Å². The van der Waals surface area contributed by atoms with E-state index in [9.17, 15) is 4.79 Å². The number of rotatable bonds is 3. The Bertz CT molecular complexity index is 469. The number of anilines is 1. The van der Waals surface area contributed by atoms with Gasteiger partial charge in [-0.15, -0.1) is 0 Å². The highest BCUT2D eigenvalue weighted by Gasteiger charge is 2.15. The maximum Gasteiger partial charge on any atom is 0.251 e. The summed E-state index contributed by atoms with van der Waals surface area (Å²) in [5.41, 5.74) is 2.94. The van der Waals surface area contributed by atoms with Crippen molar-refractivity contribution in [3.63, 3.8) is 0 Å². The first kappa shape index (κ1) is 11.6. The van der Waals surface area contributed by atoms with Gasteiger partial charge in [-0.3, -0.25) is 4.79 Å². The Morgan fingerprint density at radius 2 is 1.94 bits per heavy atom. The lowest BCUT2D eigenvalue weighted by atomic mass is 10.1. The zero-order valence-electron chi connectivity index (χ0n) is 10.2. The van der Waals surface area contributed by atoms with Crippen LogP contribution in [0.15, 0.2) is 53.6 Å². The lowest BCUT2D eigenvalue weighted by molar-refractivity contribution is -0.112. The summed E-state index contributed by atoms with van der Waals surface area (Å²) < 4.78 is 0. The predicted molar refractivity (Wildman–Crippen MR) is 70.7 cm³/mol. The van der Waals surface area contributed by atoms with E-state index < -0.39 is 0 Å². The summed E-state index contributed by atoms with van der Waals surface area (Å²) in [5, 5.41) is 2.90. The maximum atomic E-state index is 12.0. The van der Waals surface area contributed by atoms with E-state index in [1.807, 2.05) is 36.4 Å². The van der Waals surface area contributed by atoms with Crippen LogP contribution in [-0.4, -0.2) is 5.91 Å². The zero-order chi connectivity index (χ0) is 12.3. The van der Waals surface area contributed by atoms with E-state index in [1.54, 1.807) is 0 Å². The summed E-state index contributed by atoms with van der Waals surface area (Å²) in [5.74, 6) is 0.486.